The fourth-order valence-corrected chi connectivity index (χ4v) is 2.69. The number of hydrogen-bond donors (Lipinski definition) is 1. The van der Waals surface area contributed by atoms with Gasteiger partial charge in [-0.1, -0.05) is 12.1 Å². The Morgan fingerprint density at radius 3 is 2.52 bits per heavy atom. The van der Waals surface area contributed by atoms with Crippen LogP contribution in [0.1, 0.15) is 33.4 Å². The Kier molecular flexibility index (Phi) is 6.43. The quantitative estimate of drug-likeness (QED) is 0.833. The predicted molar refractivity (Wildman–Crippen MR) is 95.7 cm³/mol. The van der Waals surface area contributed by atoms with Crippen LogP contribution in [-0.4, -0.2) is 43.5 Å². The molecule has 1 heterocycles. The van der Waals surface area contributed by atoms with Gasteiger partial charge in [0.25, 0.3) is 5.91 Å². The molecule has 1 aromatic carbocycles. The minimum absolute atomic E-state index is 0.0325. The summed E-state index contributed by atoms with van der Waals surface area (Å²) in [6, 6.07) is 9.31. The van der Waals surface area contributed by atoms with Crippen LogP contribution < -0.4 is 10.1 Å². The van der Waals surface area contributed by atoms with Crippen LogP contribution in [0.2, 0.25) is 0 Å². The number of halogens is 3. The lowest BCUT2D eigenvalue weighted by Gasteiger charge is -2.25. The van der Waals surface area contributed by atoms with Gasteiger partial charge in [-0.05, 0) is 50.8 Å². The molecule has 0 aliphatic rings. The number of alkyl halides is 3. The number of methoxy groups -OCH3 is 1. The lowest BCUT2D eigenvalue weighted by atomic mass is 10.1. The van der Waals surface area contributed by atoms with Crippen molar-refractivity contribution < 1.29 is 22.7 Å². The molecule has 8 heteroatoms. The highest BCUT2D eigenvalue weighted by Crippen LogP contribution is 2.28. The number of likely N-dealkylation sites (N-methyl/N-ethyl adjacent to an activating group) is 1. The molecule has 1 N–H and O–H groups in total. The number of carbonyl (C=O) groups excluding carboxylic acids is 1. The van der Waals surface area contributed by atoms with E-state index >= 15 is 0 Å². The first kappa shape index (κ1) is 20.7. The Morgan fingerprint density at radius 1 is 1.26 bits per heavy atom. The molecule has 0 aliphatic heterocycles. The largest absolute Gasteiger partial charge is 0.497 e. The van der Waals surface area contributed by atoms with Gasteiger partial charge in [0.2, 0.25) is 0 Å². The summed E-state index contributed by atoms with van der Waals surface area (Å²) in [6.07, 6.45) is -4.54. The zero-order valence-corrected chi connectivity index (χ0v) is 15.6. The normalized spacial score (nSPS) is 12.7. The molecule has 0 saturated carbocycles. The van der Waals surface area contributed by atoms with E-state index < -0.39 is 17.8 Å². The van der Waals surface area contributed by atoms with Crippen LogP contribution in [0.4, 0.5) is 13.2 Å². The monoisotopic (exact) mass is 381 g/mol. The zero-order valence-electron chi connectivity index (χ0n) is 15.6. The van der Waals surface area contributed by atoms with E-state index in [0.717, 1.165) is 17.7 Å². The first-order chi connectivity index (χ1) is 12.6. The minimum Gasteiger partial charge on any atom is -0.497 e. The third kappa shape index (κ3) is 5.19. The molecule has 0 radical (unpaired) electrons. The molecule has 0 spiro atoms. The lowest BCUT2D eigenvalue weighted by Crippen LogP contribution is -2.35. The number of hydrogen-bond acceptors (Lipinski definition) is 4. The maximum Gasteiger partial charge on any atom is 0.433 e. The van der Waals surface area contributed by atoms with Crippen molar-refractivity contribution in [1.29, 1.82) is 0 Å². The number of pyridine rings is 1. The maximum absolute atomic E-state index is 12.7. The molecular formula is C19H22F3N3O2. The summed E-state index contributed by atoms with van der Waals surface area (Å²) >= 11 is 0. The Balaban J connectivity index is 2.14. The van der Waals surface area contributed by atoms with Crippen LogP contribution in [0, 0.1) is 6.92 Å². The van der Waals surface area contributed by atoms with E-state index in [-0.39, 0.29) is 23.8 Å². The highest BCUT2D eigenvalue weighted by molar-refractivity contribution is 5.95. The fourth-order valence-electron chi connectivity index (χ4n) is 2.69. The molecule has 1 atom stereocenters. The molecule has 1 aromatic heterocycles. The number of nitrogens with zero attached hydrogens (tertiary/aromatic N) is 2. The Morgan fingerprint density at radius 2 is 1.96 bits per heavy atom. The molecule has 5 nitrogen and oxygen atoms in total. The van der Waals surface area contributed by atoms with Gasteiger partial charge in [-0.25, -0.2) is 4.98 Å². The summed E-state index contributed by atoms with van der Waals surface area (Å²) in [4.78, 5) is 17.9. The molecular weight excluding hydrogens is 359 g/mol. The summed E-state index contributed by atoms with van der Waals surface area (Å²) in [5, 5.41) is 2.77. The van der Waals surface area contributed by atoms with E-state index in [4.69, 9.17) is 4.74 Å². The summed E-state index contributed by atoms with van der Waals surface area (Å²) in [5.41, 5.74) is 0.0808. The molecule has 0 bridgehead atoms. The molecule has 0 saturated heterocycles. The van der Waals surface area contributed by atoms with E-state index in [1.54, 1.807) is 7.11 Å². The van der Waals surface area contributed by atoms with Crippen molar-refractivity contribution in [3.8, 4) is 5.75 Å². The lowest BCUT2D eigenvalue weighted by molar-refractivity contribution is -0.141. The smallest absolute Gasteiger partial charge is 0.433 e. The third-order valence-electron chi connectivity index (χ3n) is 4.18. The molecule has 1 unspecified atom stereocenters. The number of aromatic nitrogens is 1. The second-order valence-electron chi connectivity index (χ2n) is 6.29. The topological polar surface area (TPSA) is 54.5 Å². The van der Waals surface area contributed by atoms with Gasteiger partial charge in [-0.3, -0.25) is 4.79 Å². The van der Waals surface area contributed by atoms with E-state index in [2.05, 4.69) is 10.3 Å². The molecule has 0 fully saturated rings. The number of aryl methyl sites for hydroxylation is 1. The highest BCUT2D eigenvalue weighted by Gasteiger charge is 2.33. The highest BCUT2D eigenvalue weighted by atomic mass is 19.4. The summed E-state index contributed by atoms with van der Waals surface area (Å²) in [5.74, 6) is 0.233. The number of ether oxygens (including phenoxy) is 1. The first-order valence-corrected chi connectivity index (χ1v) is 8.27. The van der Waals surface area contributed by atoms with Crippen molar-refractivity contribution >= 4 is 5.91 Å². The molecule has 27 heavy (non-hydrogen) atoms. The van der Waals surface area contributed by atoms with E-state index in [0.29, 0.717) is 5.75 Å². The molecule has 0 aliphatic carbocycles. The van der Waals surface area contributed by atoms with Gasteiger partial charge in [-0.2, -0.15) is 13.2 Å². The van der Waals surface area contributed by atoms with E-state index in [1.807, 2.05) is 43.3 Å². The predicted octanol–water partition coefficient (Wildman–Crippen LogP) is 3.45. The maximum atomic E-state index is 12.7. The van der Waals surface area contributed by atoms with Crippen molar-refractivity contribution in [2.45, 2.75) is 19.1 Å². The summed E-state index contributed by atoms with van der Waals surface area (Å²) in [7, 11) is 5.33. The number of carbonyl (C=O) groups is 1. The van der Waals surface area contributed by atoms with Crippen molar-refractivity contribution in [3.05, 3.63) is 58.9 Å². The average molecular weight is 381 g/mol. The van der Waals surface area contributed by atoms with E-state index in [1.165, 1.54) is 6.92 Å². The van der Waals surface area contributed by atoms with Gasteiger partial charge in [0.15, 0.2) is 0 Å². The number of amides is 1. The fraction of sp³-hybridized carbons (Fsp3) is 0.368. The molecule has 2 aromatic rings. The summed E-state index contributed by atoms with van der Waals surface area (Å²) in [6.45, 7) is 1.66. The minimum atomic E-state index is -4.54. The average Bonchev–Trinajstić information content (AvgIpc) is 2.60. The van der Waals surface area contributed by atoms with Gasteiger partial charge in [0, 0.05) is 6.54 Å². The molecule has 146 valence electrons. The van der Waals surface area contributed by atoms with Gasteiger partial charge in [-0.15, -0.1) is 0 Å². The van der Waals surface area contributed by atoms with Crippen LogP contribution in [0.5, 0.6) is 5.75 Å². The molecule has 1 amide bonds. The van der Waals surface area contributed by atoms with E-state index in [9.17, 15) is 18.0 Å². The Bertz CT molecular complexity index is 807. The SMILES string of the molecule is COc1cccc(C(CNC(=O)c2ccc(C(F)(F)F)nc2C)N(C)C)c1. The van der Waals surface area contributed by atoms with Crippen LogP contribution in [0.15, 0.2) is 36.4 Å². The van der Waals surface area contributed by atoms with Crippen LogP contribution in [0.25, 0.3) is 0 Å². The van der Waals surface area contributed by atoms with Gasteiger partial charge < -0.3 is 15.0 Å². The first-order valence-electron chi connectivity index (χ1n) is 8.27. The standard InChI is InChI=1S/C19H22F3N3O2/c1-12-15(8-9-17(24-12)19(20,21)22)18(26)23-11-16(25(2)3)13-6-5-7-14(10-13)27-4/h5-10,16H,11H2,1-4H3,(H,23,26). The number of benzene rings is 1. The second-order valence-corrected chi connectivity index (χ2v) is 6.29. The van der Waals surface area contributed by atoms with Crippen LogP contribution in [0.3, 0.4) is 0 Å². The Labute approximate surface area is 156 Å². The van der Waals surface area contributed by atoms with Gasteiger partial charge in [0.1, 0.15) is 11.4 Å². The van der Waals surface area contributed by atoms with Crippen molar-refractivity contribution in [2.75, 3.05) is 27.7 Å². The number of rotatable bonds is 6. The summed E-state index contributed by atoms with van der Waals surface area (Å²) < 4.78 is 43.4. The Hall–Kier alpha value is -2.61. The molecule has 2 rings (SSSR count). The van der Waals surface area contributed by atoms with Crippen LogP contribution in [-0.2, 0) is 6.18 Å². The van der Waals surface area contributed by atoms with Gasteiger partial charge in [0.05, 0.1) is 24.4 Å². The van der Waals surface area contributed by atoms with Crippen molar-refractivity contribution in [2.24, 2.45) is 0 Å². The number of nitrogens with one attached hydrogen (secondary N) is 1. The van der Waals surface area contributed by atoms with Gasteiger partial charge >= 0.3 is 6.18 Å². The second kappa shape index (κ2) is 8.39. The van der Waals surface area contributed by atoms with Crippen molar-refractivity contribution in [1.82, 2.24) is 15.2 Å². The zero-order chi connectivity index (χ0) is 20.2. The van der Waals surface area contributed by atoms with Crippen molar-refractivity contribution in [3.63, 3.8) is 0 Å². The third-order valence-corrected chi connectivity index (χ3v) is 4.18. The van der Waals surface area contributed by atoms with Crippen LogP contribution >= 0.6 is 0 Å².